The largest absolute Gasteiger partial charge is 0.460 e. The first kappa shape index (κ1) is 13.8. The number of nitrogens with zero attached hydrogens (tertiary/aromatic N) is 2. The molecular formula is C16H14N4O2. The van der Waals surface area contributed by atoms with Gasteiger partial charge in [-0.2, -0.15) is 10.2 Å². The number of hydrogen-bond donors (Lipinski definition) is 2. The summed E-state index contributed by atoms with van der Waals surface area (Å²) in [6.07, 6.45) is 1.44. The summed E-state index contributed by atoms with van der Waals surface area (Å²) in [4.78, 5) is 12.0. The zero-order valence-corrected chi connectivity index (χ0v) is 11.9. The van der Waals surface area contributed by atoms with E-state index in [1.54, 1.807) is 12.1 Å². The maximum absolute atomic E-state index is 12.0. The molecule has 1 amide bonds. The molecule has 3 aromatic rings. The van der Waals surface area contributed by atoms with Gasteiger partial charge in [-0.25, -0.2) is 5.43 Å². The Morgan fingerprint density at radius 1 is 1.27 bits per heavy atom. The van der Waals surface area contributed by atoms with E-state index in [4.69, 9.17) is 4.42 Å². The van der Waals surface area contributed by atoms with Gasteiger partial charge >= 0.3 is 0 Å². The van der Waals surface area contributed by atoms with Crippen molar-refractivity contribution in [3.8, 4) is 11.3 Å². The molecule has 0 saturated carbocycles. The van der Waals surface area contributed by atoms with Crippen LogP contribution < -0.4 is 5.43 Å². The summed E-state index contributed by atoms with van der Waals surface area (Å²) in [5, 5.41) is 10.7. The summed E-state index contributed by atoms with van der Waals surface area (Å²) in [5.74, 6) is 0.996. The summed E-state index contributed by atoms with van der Waals surface area (Å²) in [6, 6.07) is 14.9. The number of rotatable bonds is 4. The number of benzene rings is 1. The number of carbonyl (C=O) groups is 1. The molecule has 2 heterocycles. The number of amides is 1. The highest BCUT2D eigenvalue weighted by atomic mass is 16.3. The van der Waals surface area contributed by atoms with Gasteiger partial charge in [0.05, 0.1) is 11.9 Å². The molecule has 3 rings (SSSR count). The molecule has 110 valence electrons. The molecule has 2 N–H and O–H groups in total. The topological polar surface area (TPSA) is 83.3 Å². The van der Waals surface area contributed by atoms with Crippen molar-refractivity contribution < 1.29 is 9.21 Å². The van der Waals surface area contributed by atoms with E-state index in [9.17, 15) is 4.79 Å². The van der Waals surface area contributed by atoms with E-state index < -0.39 is 0 Å². The van der Waals surface area contributed by atoms with E-state index in [0.717, 1.165) is 11.3 Å². The molecule has 6 nitrogen and oxygen atoms in total. The van der Waals surface area contributed by atoms with Crippen LogP contribution in [0.2, 0.25) is 0 Å². The Morgan fingerprint density at radius 3 is 2.82 bits per heavy atom. The molecule has 0 aliphatic heterocycles. The zero-order chi connectivity index (χ0) is 15.4. The highest BCUT2D eigenvalue weighted by molar-refractivity contribution is 5.93. The number of aromatic amines is 1. The van der Waals surface area contributed by atoms with Gasteiger partial charge in [0.15, 0.2) is 0 Å². The molecule has 0 spiro atoms. The van der Waals surface area contributed by atoms with Gasteiger partial charge in [0, 0.05) is 5.56 Å². The Balaban J connectivity index is 1.66. The quantitative estimate of drug-likeness (QED) is 0.573. The standard InChI is InChI=1S/C16H14N4O2/c1-11-7-8-13(22-11)10-17-20-16(21)15-9-14(18-19-15)12-5-3-2-4-6-12/h2-10H,1H3,(H,18,19)(H,20,21). The average molecular weight is 294 g/mol. The highest BCUT2D eigenvalue weighted by Gasteiger charge is 2.10. The molecule has 22 heavy (non-hydrogen) atoms. The molecule has 0 saturated heterocycles. The third-order valence-electron chi connectivity index (χ3n) is 3.01. The summed E-state index contributed by atoms with van der Waals surface area (Å²) in [6.45, 7) is 1.84. The van der Waals surface area contributed by atoms with Gasteiger partial charge in [0.2, 0.25) is 0 Å². The van der Waals surface area contributed by atoms with E-state index in [1.807, 2.05) is 43.3 Å². The number of H-pyrrole nitrogens is 1. The van der Waals surface area contributed by atoms with Gasteiger partial charge in [-0.15, -0.1) is 0 Å². The van der Waals surface area contributed by atoms with Crippen LogP contribution in [0, 0.1) is 6.92 Å². The summed E-state index contributed by atoms with van der Waals surface area (Å²) >= 11 is 0. The lowest BCUT2D eigenvalue weighted by atomic mass is 10.1. The van der Waals surface area contributed by atoms with Gasteiger partial charge in [0.25, 0.3) is 5.91 Å². The number of hydrogen-bond acceptors (Lipinski definition) is 4. The predicted molar refractivity (Wildman–Crippen MR) is 82.5 cm³/mol. The van der Waals surface area contributed by atoms with Crippen molar-refractivity contribution >= 4 is 12.1 Å². The van der Waals surface area contributed by atoms with Crippen molar-refractivity contribution in [1.29, 1.82) is 0 Å². The molecule has 0 aliphatic carbocycles. The number of aryl methyl sites for hydroxylation is 1. The molecule has 0 unspecified atom stereocenters. The molecule has 0 aliphatic rings. The maximum atomic E-state index is 12.0. The van der Waals surface area contributed by atoms with E-state index >= 15 is 0 Å². The Labute approximate surface area is 126 Å². The second-order valence-corrected chi connectivity index (χ2v) is 4.68. The molecule has 0 fully saturated rings. The fraction of sp³-hybridized carbons (Fsp3) is 0.0625. The number of hydrazone groups is 1. The summed E-state index contributed by atoms with van der Waals surface area (Å²) < 4.78 is 5.31. The van der Waals surface area contributed by atoms with Crippen molar-refractivity contribution in [2.24, 2.45) is 5.10 Å². The lowest BCUT2D eigenvalue weighted by Gasteiger charge is -1.94. The fourth-order valence-electron chi connectivity index (χ4n) is 1.93. The van der Waals surface area contributed by atoms with Crippen LogP contribution in [0.15, 0.2) is 58.0 Å². The maximum Gasteiger partial charge on any atom is 0.289 e. The van der Waals surface area contributed by atoms with E-state index in [-0.39, 0.29) is 5.91 Å². The highest BCUT2D eigenvalue weighted by Crippen LogP contribution is 2.16. The minimum absolute atomic E-state index is 0.339. The molecule has 0 radical (unpaired) electrons. The monoisotopic (exact) mass is 294 g/mol. The SMILES string of the molecule is Cc1ccc(C=NNC(=O)c2cc(-c3ccccc3)n[nH]2)o1. The van der Waals surface area contributed by atoms with Crippen LogP contribution in [0.5, 0.6) is 0 Å². The smallest absolute Gasteiger partial charge is 0.289 e. The van der Waals surface area contributed by atoms with Crippen LogP contribution in [-0.2, 0) is 0 Å². The van der Waals surface area contributed by atoms with Crippen LogP contribution in [0.4, 0.5) is 0 Å². The van der Waals surface area contributed by atoms with Crippen molar-refractivity contribution in [2.45, 2.75) is 6.92 Å². The Kier molecular flexibility index (Phi) is 3.82. The molecule has 1 aromatic carbocycles. The van der Waals surface area contributed by atoms with E-state index in [0.29, 0.717) is 17.1 Å². The minimum atomic E-state index is -0.366. The Bertz CT molecular complexity index is 802. The van der Waals surface area contributed by atoms with E-state index in [1.165, 1.54) is 6.21 Å². The number of carbonyl (C=O) groups excluding carboxylic acids is 1. The lowest BCUT2D eigenvalue weighted by Crippen LogP contribution is -2.17. The molecule has 2 aromatic heterocycles. The molecular weight excluding hydrogens is 280 g/mol. The first-order valence-electron chi connectivity index (χ1n) is 6.73. The first-order valence-corrected chi connectivity index (χ1v) is 6.73. The fourth-order valence-corrected chi connectivity index (χ4v) is 1.93. The normalized spacial score (nSPS) is 11.0. The molecule has 0 bridgehead atoms. The van der Waals surface area contributed by atoms with Gasteiger partial charge in [-0.05, 0) is 25.1 Å². The van der Waals surface area contributed by atoms with Gasteiger partial charge in [-0.3, -0.25) is 9.89 Å². The summed E-state index contributed by atoms with van der Waals surface area (Å²) in [7, 11) is 0. The average Bonchev–Trinajstić information content (AvgIpc) is 3.17. The second-order valence-electron chi connectivity index (χ2n) is 4.68. The molecule has 6 heteroatoms. The van der Waals surface area contributed by atoms with Crippen molar-refractivity contribution in [3.05, 3.63) is 65.7 Å². The Hall–Kier alpha value is -3.15. The summed E-state index contributed by atoms with van der Waals surface area (Å²) in [5.41, 5.74) is 4.40. The number of nitrogens with one attached hydrogen (secondary N) is 2. The van der Waals surface area contributed by atoms with Gasteiger partial charge in [-0.1, -0.05) is 30.3 Å². The van der Waals surface area contributed by atoms with Crippen LogP contribution in [0.25, 0.3) is 11.3 Å². The number of furan rings is 1. The third kappa shape index (κ3) is 3.12. The molecule has 0 atom stereocenters. The first-order chi connectivity index (χ1) is 10.7. The number of aromatic nitrogens is 2. The van der Waals surface area contributed by atoms with Gasteiger partial charge in [0.1, 0.15) is 17.2 Å². The lowest BCUT2D eigenvalue weighted by molar-refractivity contribution is 0.0950. The van der Waals surface area contributed by atoms with Crippen LogP contribution in [0.3, 0.4) is 0 Å². The minimum Gasteiger partial charge on any atom is -0.460 e. The second kappa shape index (κ2) is 6.09. The van der Waals surface area contributed by atoms with Crippen LogP contribution in [0.1, 0.15) is 22.0 Å². The third-order valence-corrected chi connectivity index (χ3v) is 3.01. The Morgan fingerprint density at radius 2 is 2.09 bits per heavy atom. The predicted octanol–water partition coefficient (Wildman–Crippen LogP) is 2.74. The van der Waals surface area contributed by atoms with Crippen molar-refractivity contribution in [1.82, 2.24) is 15.6 Å². The zero-order valence-electron chi connectivity index (χ0n) is 11.9. The van der Waals surface area contributed by atoms with Crippen LogP contribution >= 0.6 is 0 Å². The van der Waals surface area contributed by atoms with Crippen molar-refractivity contribution in [2.75, 3.05) is 0 Å². The van der Waals surface area contributed by atoms with Crippen LogP contribution in [-0.4, -0.2) is 22.3 Å². The van der Waals surface area contributed by atoms with Gasteiger partial charge < -0.3 is 4.42 Å². The van der Waals surface area contributed by atoms with E-state index in [2.05, 4.69) is 20.7 Å². The van der Waals surface area contributed by atoms with Crippen molar-refractivity contribution in [3.63, 3.8) is 0 Å².